The second-order valence-electron chi connectivity index (χ2n) is 5.79. The van der Waals surface area contributed by atoms with E-state index in [4.69, 9.17) is 11.6 Å². The zero-order valence-electron chi connectivity index (χ0n) is 12.1. The molecule has 0 aliphatic heterocycles. The summed E-state index contributed by atoms with van der Waals surface area (Å²) in [6.45, 7) is 4.76. The molecule has 6 heteroatoms. The molecule has 5 nitrogen and oxygen atoms in total. The predicted molar refractivity (Wildman–Crippen MR) is 83.5 cm³/mol. The third-order valence-corrected chi connectivity index (χ3v) is 3.85. The summed E-state index contributed by atoms with van der Waals surface area (Å²) < 4.78 is 2.17. The van der Waals surface area contributed by atoms with Gasteiger partial charge in [0, 0.05) is 0 Å². The van der Waals surface area contributed by atoms with Crippen molar-refractivity contribution in [2.45, 2.75) is 32.2 Å². The number of carbonyl (C=O) groups is 1. The van der Waals surface area contributed by atoms with Crippen LogP contribution in [0.3, 0.4) is 0 Å². The molecule has 1 aliphatic rings. The Morgan fingerprint density at radius 1 is 1.52 bits per heavy atom. The molecule has 0 saturated heterocycles. The van der Waals surface area contributed by atoms with E-state index < -0.39 is 0 Å². The van der Waals surface area contributed by atoms with Crippen LogP contribution in [-0.4, -0.2) is 22.6 Å². The summed E-state index contributed by atoms with van der Waals surface area (Å²) >= 11 is 0. The number of hydrogen-bond acceptors (Lipinski definition) is 4. The number of allylic oxidation sites excluding steroid dienone is 1. The molecule has 2 aromatic heterocycles. The number of nitrogens with two attached hydrogens (primary N) is 2. The molecule has 2 heterocycles. The van der Waals surface area contributed by atoms with Crippen molar-refractivity contribution in [2.24, 2.45) is 11.6 Å². The number of hydrogen-bond donors (Lipinski definition) is 2. The second-order valence-corrected chi connectivity index (χ2v) is 5.79. The molecule has 108 valence electrons. The number of fused-ring (bicyclic) bond motifs is 1. The monoisotopic (exact) mass is 282 g/mol. The van der Waals surface area contributed by atoms with E-state index >= 15 is 0 Å². The van der Waals surface area contributed by atoms with Crippen LogP contribution < -0.4 is 11.6 Å². The standard InChI is InChI=1S/C15H19BN4O/c1-10-4-12(11-2-3-11)5-19-6-13(16-15(10)19)7-20(18)8-14(17)9-21/h4-6,8-9,11H,2-3,7,17-18H2,1H3/b14-8-. The third kappa shape index (κ3) is 3.00. The van der Waals surface area contributed by atoms with Gasteiger partial charge in [0.15, 0.2) is 0 Å². The van der Waals surface area contributed by atoms with E-state index in [1.807, 2.05) is 0 Å². The molecule has 0 atom stereocenters. The molecule has 4 N–H and O–H groups in total. The van der Waals surface area contributed by atoms with Crippen molar-refractivity contribution in [3.8, 4) is 0 Å². The number of pyridine rings is 1. The summed E-state index contributed by atoms with van der Waals surface area (Å²) in [7, 11) is 0. The molecule has 21 heavy (non-hydrogen) atoms. The molecule has 1 fully saturated rings. The summed E-state index contributed by atoms with van der Waals surface area (Å²) in [6.07, 6.45) is 8.91. The van der Waals surface area contributed by atoms with Gasteiger partial charge in [-0.25, -0.2) is 0 Å². The molecule has 0 spiro atoms. The number of aldehydes is 1. The molecule has 0 bridgehead atoms. The summed E-state index contributed by atoms with van der Waals surface area (Å²) in [6, 6.07) is 2.28. The SMILES string of the molecule is Cc1cc(C2CC2)cn2cc(CN(N)/C=C(\N)C=O)bc12. The molecular weight excluding hydrogens is 263 g/mol. The molecule has 1 aliphatic carbocycles. The molecule has 0 amide bonds. The minimum atomic E-state index is 0.119. The Morgan fingerprint density at radius 3 is 2.95 bits per heavy atom. The molecule has 3 rings (SSSR count). The average molecular weight is 282 g/mol. The fourth-order valence-corrected chi connectivity index (χ4v) is 2.69. The van der Waals surface area contributed by atoms with Crippen LogP contribution in [0.25, 0.3) is 5.41 Å². The Hall–Kier alpha value is -2.08. The van der Waals surface area contributed by atoms with Gasteiger partial charge in [0.25, 0.3) is 0 Å². The van der Waals surface area contributed by atoms with Gasteiger partial charge in [0.1, 0.15) is 0 Å². The van der Waals surface area contributed by atoms with Crippen LogP contribution in [0, 0.1) is 6.92 Å². The van der Waals surface area contributed by atoms with E-state index in [2.05, 4.69) is 36.7 Å². The fraction of sp³-hybridized carbons (Fsp3) is 0.333. The van der Waals surface area contributed by atoms with Gasteiger partial charge in [-0.05, 0) is 0 Å². The summed E-state index contributed by atoms with van der Waals surface area (Å²) in [5, 5.41) is 1.43. The van der Waals surface area contributed by atoms with Gasteiger partial charge in [-0.15, -0.1) is 0 Å². The molecule has 0 unspecified atom stereocenters. The van der Waals surface area contributed by atoms with Crippen LogP contribution in [0.2, 0.25) is 0 Å². The van der Waals surface area contributed by atoms with Crippen LogP contribution in [0.5, 0.6) is 0 Å². The van der Waals surface area contributed by atoms with Crippen molar-refractivity contribution < 1.29 is 4.79 Å². The maximum atomic E-state index is 10.5. The van der Waals surface area contributed by atoms with Gasteiger partial charge in [-0.3, -0.25) is 0 Å². The Bertz CT molecular complexity index is 718. The first kappa shape index (κ1) is 13.9. The quantitative estimate of drug-likeness (QED) is 0.373. The molecule has 2 aromatic rings. The normalized spacial score (nSPS) is 15.2. The number of rotatable bonds is 5. The molecular formula is C15H19BN4O. The first-order chi connectivity index (χ1) is 10.1. The van der Waals surface area contributed by atoms with Gasteiger partial charge in [0.2, 0.25) is 0 Å². The fourth-order valence-electron chi connectivity index (χ4n) is 2.69. The van der Waals surface area contributed by atoms with Crippen LogP contribution in [0.4, 0.5) is 0 Å². The number of carbonyl (C=O) groups excluding carboxylic acids is 1. The summed E-state index contributed by atoms with van der Waals surface area (Å²) in [4.78, 5) is 10.5. The first-order valence-electron chi connectivity index (χ1n) is 7.12. The van der Waals surface area contributed by atoms with Crippen molar-refractivity contribution in [3.05, 3.63) is 46.9 Å². The Kier molecular flexibility index (Phi) is 3.55. The predicted octanol–water partition coefficient (Wildman–Crippen LogP) is 1.14. The Balaban J connectivity index is 1.87. The van der Waals surface area contributed by atoms with Crippen molar-refractivity contribution in [1.82, 2.24) is 9.41 Å². The van der Waals surface area contributed by atoms with E-state index in [0.717, 1.165) is 11.4 Å². The van der Waals surface area contributed by atoms with Gasteiger partial charge < -0.3 is 0 Å². The maximum absolute atomic E-state index is 10.5. The number of nitrogens with zero attached hydrogens (tertiary/aromatic N) is 2. The molecule has 1 saturated carbocycles. The second kappa shape index (κ2) is 5.37. The van der Waals surface area contributed by atoms with E-state index in [1.165, 1.54) is 40.6 Å². The average Bonchev–Trinajstić information content (AvgIpc) is 3.20. The van der Waals surface area contributed by atoms with Crippen molar-refractivity contribution in [3.63, 3.8) is 0 Å². The van der Waals surface area contributed by atoms with Crippen molar-refractivity contribution in [1.29, 1.82) is 0 Å². The number of aromatic nitrogens is 1. The van der Waals surface area contributed by atoms with E-state index in [-0.39, 0.29) is 5.70 Å². The number of hydrazine groups is 1. The van der Waals surface area contributed by atoms with Gasteiger partial charge in [-0.2, -0.15) is 0 Å². The first-order valence-corrected chi connectivity index (χ1v) is 7.12. The van der Waals surface area contributed by atoms with Gasteiger partial charge >= 0.3 is 124 Å². The summed E-state index contributed by atoms with van der Waals surface area (Å²) in [5.74, 6) is 6.58. The Morgan fingerprint density at radius 2 is 2.29 bits per heavy atom. The number of aryl methyl sites for hydroxylation is 1. The van der Waals surface area contributed by atoms with Gasteiger partial charge in [0.05, 0.1) is 0 Å². The zero-order valence-corrected chi connectivity index (χ0v) is 12.1. The zero-order chi connectivity index (χ0) is 15.0. The molecule has 0 radical (unpaired) electrons. The van der Waals surface area contributed by atoms with Crippen LogP contribution in [-0.2, 0) is 11.3 Å². The molecule has 0 aromatic carbocycles. The Labute approximate surface area is 124 Å². The van der Waals surface area contributed by atoms with E-state index in [0.29, 0.717) is 12.8 Å². The van der Waals surface area contributed by atoms with Crippen LogP contribution >= 0.6 is 0 Å². The van der Waals surface area contributed by atoms with Gasteiger partial charge in [-0.1, -0.05) is 0 Å². The topological polar surface area (TPSA) is 76.8 Å². The van der Waals surface area contributed by atoms with Crippen molar-refractivity contribution >= 4 is 18.6 Å². The van der Waals surface area contributed by atoms with E-state index in [9.17, 15) is 4.79 Å². The minimum absolute atomic E-state index is 0.119. The summed E-state index contributed by atoms with van der Waals surface area (Å²) in [5.41, 5.74) is 10.5. The third-order valence-electron chi connectivity index (χ3n) is 3.85. The van der Waals surface area contributed by atoms with Crippen molar-refractivity contribution in [2.75, 3.05) is 0 Å². The van der Waals surface area contributed by atoms with Crippen LogP contribution in [0.1, 0.15) is 35.3 Å². The van der Waals surface area contributed by atoms with Crippen LogP contribution in [0.15, 0.2) is 30.4 Å². The van der Waals surface area contributed by atoms with E-state index in [1.54, 1.807) is 0 Å².